The minimum atomic E-state index is -3.55. The molecule has 2 N–H and O–H groups in total. The van der Waals surface area contributed by atoms with Crippen LogP contribution in [0.25, 0.3) is 0 Å². The van der Waals surface area contributed by atoms with E-state index in [9.17, 15) is 8.42 Å². The molecule has 19 heavy (non-hydrogen) atoms. The molecule has 5 nitrogen and oxygen atoms in total. The van der Waals surface area contributed by atoms with E-state index in [1.54, 1.807) is 6.07 Å². The molecule has 0 bridgehead atoms. The zero-order chi connectivity index (χ0) is 14.5. The molecule has 1 aromatic carbocycles. The summed E-state index contributed by atoms with van der Waals surface area (Å²) in [5.41, 5.74) is 1.48. The average molecular weight is 287 g/mol. The van der Waals surface area contributed by atoms with Crippen molar-refractivity contribution in [3.05, 3.63) is 29.3 Å². The first-order valence-electron chi connectivity index (χ1n) is 6.18. The van der Waals surface area contributed by atoms with Crippen molar-refractivity contribution in [3.8, 4) is 0 Å². The van der Waals surface area contributed by atoms with E-state index >= 15 is 0 Å². The number of rotatable bonds is 7. The molecule has 0 aliphatic carbocycles. The summed E-state index contributed by atoms with van der Waals surface area (Å²) in [5, 5.41) is 9.15. The van der Waals surface area contributed by atoms with Gasteiger partial charge in [-0.1, -0.05) is 6.07 Å². The van der Waals surface area contributed by atoms with Crippen molar-refractivity contribution < 1.29 is 18.3 Å². The van der Waals surface area contributed by atoms with Gasteiger partial charge in [0.1, 0.15) is 0 Å². The molecule has 0 radical (unpaired) electrons. The first-order chi connectivity index (χ1) is 8.86. The van der Waals surface area contributed by atoms with Crippen molar-refractivity contribution in [2.75, 3.05) is 13.2 Å². The highest BCUT2D eigenvalue weighted by molar-refractivity contribution is 7.89. The van der Waals surface area contributed by atoms with E-state index in [1.807, 2.05) is 20.8 Å². The SMILES string of the molecule is Cc1ccc(S(=O)(=O)NCCOC(C)C)cc1CO. The maximum atomic E-state index is 12.0. The molecule has 0 saturated carbocycles. The molecule has 0 unspecified atom stereocenters. The van der Waals surface area contributed by atoms with Crippen molar-refractivity contribution >= 4 is 10.0 Å². The molecule has 0 amide bonds. The third-order valence-electron chi connectivity index (χ3n) is 2.65. The van der Waals surface area contributed by atoms with E-state index in [2.05, 4.69) is 4.72 Å². The van der Waals surface area contributed by atoms with E-state index in [0.717, 1.165) is 5.56 Å². The number of aliphatic hydroxyl groups excluding tert-OH is 1. The highest BCUT2D eigenvalue weighted by Crippen LogP contribution is 2.15. The van der Waals surface area contributed by atoms with Gasteiger partial charge in [0, 0.05) is 6.54 Å². The van der Waals surface area contributed by atoms with E-state index in [0.29, 0.717) is 12.2 Å². The topological polar surface area (TPSA) is 75.6 Å². The molecule has 0 aliphatic rings. The molecule has 0 aliphatic heterocycles. The highest BCUT2D eigenvalue weighted by Gasteiger charge is 2.14. The van der Waals surface area contributed by atoms with Crippen LogP contribution >= 0.6 is 0 Å². The summed E-state index contributed by atoms with van der Waals surface area (Å²) in [6.45, 7) is 5.99. The molecule has 1 rings (SSSR count). The van der Waals surface area contributed by atoms with Gasteiger partial charge in [-0.05, 0) is 44.0 Å². The van der Waals surface area contributed by atoms with Crippen LogP contribution in [0.5, 0.6) is 0 Å². The summed E-state index contributed by atoms with van der Waals surface area (Å²) in [6, 6.07) is 4.70. The lowest BCUT2D eigenvalue weighted by Crippen LogP contribution is -2.28. The van der Waals surface area contributed by atoms with Crippen molar-refractivity contribution in [3.63, 3.8) is 0 Å². The van der Waals surface area contributed by atoms with Crippen LogP contribution < -0.4 is 4.72 Å². The number of nitrogens with one attached hydrogen (secondary N) is 1. The zero-order valence-electron chi connectivity index (χ0n) is 11.5. The second kappa shape index (κ2) is 7.00. The maximum Gasteiger partial charge on any atom is 0.240 e. The van der Waals surface area contributed by atoms with Gasteiger partial charge in [0.25, 0.3) is 0 Å². The van der Waals surface area contributed by atoms with Gasteiger partial charge in [0.2, 0.25) is 10.0 Å². The van der Waals surface area contributed by atoms with Crippen LogP contribution in [0.2, 0.25) is 0 Å². The Kier molecular flexibility index (Phi) is 5.93. The Bertz CT molecular complexity index is 511. The van der Waals surface area contributed by atoms with Gasteiger partial charge in [0.05, 0.1) is 24.2 Å². The number of ether oxygens (including phenoxy) is 1. The van der Waals surface area contributed by atoms with Crippen molar-refractivity contribution in [1.29, 1.82) is 0 Å². The van der Waals surface area contributed by atoms with Gasteiger partial charge in [-0.15, -0.1) is 0 Å². The Morgan fingerprint density at radius 2 is 2.05 bits per heavy atom. The summed E-state index contributed by atoms with van der Waals surface area (Å²) in [4.78, 5) is 0.159. The predicted octanol–water partition coefficient (Wildman–Crippen LogP) is 1.19. The smallest absolute Gasteiger partial charge is 0.240 e. The molecule has 108 valence electrons. The lowest BCUT2D eigenvalue weighted by molar-refractivity contribution is 0.0834. The first-order valence-corrected chi connectivity index (χ1v) is 7.67. The summed E-state index contributed by atoms with van der Waals surface area (Å²) in [7, 11) is -3.55. The quantitative estimate of drug-likeness (QED) is 0.739. The van der Waals surface area contributed by atoms with Crippen LogP contribution in [0.15, 0.2) is 23.1 Å². The zero-order valence-corrected chi connectivity index (χ0v) is 12.3. The Balaban J connectivity index is 2.72. The Morgan fingerprint density at radius 1 is 1.37 bits per heavy atom. The van der Waals surface area contributed by atoms with Crippen LogP contribution in [-0.2, 0) is 21.4 Å². The molecule has 1 aromatic rings. The largest absolute Gasteiger partial charge is 0.392 e. The van der Waals surface area contributed by atoms with Crippen LogP contribution in [-0.4, -0.2) is 32.8 Å². The number of sulfonamides is 1. The number of benzene rings is 1. The lowest BCUT2D eigenvalue weighted by atomic mass is 10.1. The predicted molar refractivity (Wildman–Crippen MR) is 73.4 cm³/mol. The molecule has 0 spiro atoms. The third kappa shape index (κ3) is 4.91. The Labute approximate surface area is 114 Å². The Morgan fingerprint density at radius 3 is 2.63 bits per heavy atom. The highest BCUT2D eigenvalue weighted by atomic mass is 32.2. The van der Waals surface area contributed by atoms with E-state index in [1.165, 1.54) is 12.1 Å². The first kappa shape index (κ1) is 16.1. The van der Waals surface area contributed by atoms with Crippen LogP contribution in [0.1, 0.15) is 25.0 Å². The summed E-state index contributed by atoms with van der Waals surface area (Å²) >= 11 is 0. The number of aliphatic hydroxyl groups is 1. The molecule has 6 heteroatoms. The molecule has 0 atom stereocenters. The summed E-state index contributed by atoms with van der Waals surface area (Å²) in [5.74, 6) is 0. The van der Waals surface area contributed by atoms with E-state index < -0.39 is 10.0 Å². The number of aryl methyl sites for hydroxylation is 1. The van der Waals surface area contributed by atoms with Gasteiger partial charge >= 0.3 is 0 Å². The standard InChI is InChI=1S/C13H21NO4S/c1-10(2)18-7-6-14-19(16,17)13-5-4-11(3)12(8-13)9-15/h4-5,8,10,14-15H,6-7,9H2,1-3H3. The molecule has 0 fully saturated rings. The summed E-state index contributed by atoms with van der Waals surface area (Å²) < 4.78 is 31.8. The second-order valence-corrected chi connectivity index (χ2v) is 6.33. The average Bonchev–Trinajstić information content (AvgIpc) is 2.35. The van der Waals surface area contributed by atoms with Gasteiger partial charge < -0.3 is 9.84 Å². The number of hydrogen-bond acceptors (Lipinski definition) is 4. The van der Waals surface area contributed by atoms with E-state index in [4.69, 9.17) is 9.84 Å². The van der Waals surface area contributed by atoms with Crippen LogP contribution in [0.3, 0.4) is 0 Å². The van der Waals surface area contributed by atoms with Crippen molar-refractivity contribution in [1.82, 2.24) is 4.72 Å². The Hall–Kier alpha value is -0.950. The molecule has 0 heterocycles. The van der Waals surface area contributed by atoms with Crippen LogP contribution in [0, 0.1) is 6.92 Å². The monoisotopic (exact) mass is 287 g/mol. The van der Waals surface area contributed by atoms with E-state index in [-0.39, 0.29) is 24.2 Å². The van der Waals surface area contributed by atoms with Gasteiger partial charge in [-0.2, -0.15) is 0 Å². The molecular formula is C13H21NO4S. The normalized spacial score (nSPS) is 12.1. The molecular weight excluding hydrogens is 266 g/mol. The van der Waals surface area contributed by atoms with Crippen molar-refractivity contribution in [2.24, 2.45) is 0 Å². The lowest BCUT2D eigenvalue weighted by Gasteiger charge is -2.11. The van der Waals surface area contributed by atoms with Gasteiger partial charge in [-0.25, -0.2) is 13.1 Å². The minimum absolute atomic E-state index is 0.0740. The third-order valence-corrected chi connectivity index (χ3v) is 4.11. The molecule has 0 aromatic heterocycles. The maximum absolute atomic E-state index is 12.0. The fraction of sp³-hybridized carbons (Fsp3) is 0.538. The second-order valence-electron chi connectivity index (χ2n) is 4.56. The minimum Gasteiger partial charge on any atom is -0.392 e. The fourth-order valence-corrected chi connectivity index (χ4v) is 2.60. The van der Waals surface area contributed by atoms with Crippen LogP contribution in [0.4, 0.5) is 0 Å². The van der Waals surface area contributed by atoms with Gasteiger partial charge in [0.15, 0.2) is 0 Å². The molecule has 0 saturated heterocycles. The summed E-state index contributed by atoms with van der Waals surface area (Å²) in [6.07, 6.45) is 0.0740. The number of hydrogen-bond donors (Lipinski definition) is 2. The fourth-order valence-electron chi connectivity index (χ4n) is 1.54. The van der Waals surface area contributed by atoms with Gasteiger partial charge in [-0.3, -0.25) is 0 Å². The van der Waals surface area contributed by atoms with Crippen molar-refractivity contribution in [2.45, 2.75) is 38.4 Å².